The van der Waals surface area contributed by atoms with Crippen molar-refractivity contribution in [3.63, 3.8) is 0 Å². The van der Waals surface area contributed by atoms with Gasteiger partial charge in [-0.25, -0.2) is 0 Å². The van der Waals surface area contributed by atoms with Gasteiger partial charge in [0.1, 0.15) is 0 Å². The topological polar surface area (TPSA) is 54.7 Å². The summed E-state index contributed by atoms with van der Waals surface area (Å²) in [6.45, 7) is 0. The molecule has 2 fully saturated rings. The van der Waals surface area contributed by atoms with Crippen LogP contribution in [0.3, 0.4) is 0 Å². The molecule has 0 radical (unpaired) electrons. The Morgan fingerprint density at radius 2 is 1.74 bits per heavy atom. The van der Waals surface area contributed by atoms with Gasteiger partial charge < -0.3 is 5.73 Å². The Morgan fingerprint density at radius 1 is 1.05 bits per heavy atom. The molecule has 2 atom stereocenters. The van der Waals surface area contributed by atoms with Crippen molar-refractivity contribution >= 4 is 5.82 Å². The highest BCUT2D eigenvalue weighted by Gasteiger charge is 2.53. The highest BCUT2D eigenvalue weighted by Crippen LogP contribution is 2.62. The van der Waals surface area contributed by atoms with Gasteiger partial charge in [0.25, 0.3) is 0 Å². The van der Waals surface area contributed by atoms with Crippen LogP contribution in [0.5, 0.6) is 0 Å². The maximum Gasteiger partial charge on any atom is 0.153 e. The number of nitrogens with zero attached hydrogens (tertiary/aromatic N) is 1. The second-order valence-corrected chi connectivity index (χ2v) is 5.90. The lowest BCUT2D eigenvalue weighted by atomic mass is 10.0. The fraction of sp³-hybridized carbons (Fsp3) is 0.438. The van der Waals surface area contributed by atoms with Crippen LogP contribution in [0, 0.1) is 11.8 Å². The molecule has 1 aromatic heterocycles. The summed E-state index contributed by atoms with van der Waals surface area (Å²) in [5.41, 5.74) is 9.69. The van der Waals surface area contributed by atoms with Crippen LogP contribution >= 0.6 is 0 Å². The van der Waals surface area contributed by atoms with Crippen molar-refractivity contribution in [2.24, 2.45) is 11.8 Å². The molecule has 2 unspecified atom stereocenters. The standard InChI is InChI=1S/C16H19N3/c17-16-13(10-6-2-1-3-7-10)15(18-19-16)14-11-8-4-5-9-12(11)14/h1-3,6-7,11-12,14H,4-5,8-9H2,(H3,17,18,19). The highest BCUT2D eigenvalue weighted by atomic mass is 15.2. The van der Waals surface area contributed by atoms with Crippen molar-refractivity contribution in [1.82, 2.24) is 10.2 Å². The maximum atomic E-state index is 6.09. The normalized spacial score (nSPS) is 28.9. The molecule has 3 nitrogen and oxygen atoms in total. The van der Waals surface area contributed by atoms with E-state index in [1.54, 1.807) is 0 Å². The number of hydrogen-bond donors (Lipinski definition) is 2. The molecule has 19 heavy (non-hydrogen) atoms. The average Bonchev–Trinajstić information content (AvgIpc) is 3.07. The third kappa shape index (κ3) is 1.68. The predicted molar refractivity (Wildman–Crippen MR) is 76.6 cm³/mol. The summed E-state index contributed by atoms with van der Waals surface area (Å²) in [5, 5.41) is 7.48. The van der Waals surface area contributed by atoms with Crippen LogP contribution in [0.15, 0.2) is 30.3 Å². The van der Waals surface area contributed by atoms with Crippen molar-refractivity contribution in [2.75, 3.05) is 5.73 Å². The highest BCUT2D eigenvalue weighted by molar-refractivity contribution is 5.77. The van der Waals surface area contributed by atoms with E-state index in [4.69, 9.17) is 5.73 Å². The van der Waals surface area contributed by atoms with Crippen molar-refractivity contribution in [3.8, 4) is 11.1 Å². The van der Waals surface area contributed by atoms with Gasteiger partial charge in [-0.3, -0.25) is 5.10 Å². The first kappa shape index (κ1) is 11.1. The Hall–Kier alpha value is -1.77. The monoisotopic (exact) mass is 253 g/mol. The fourth-order valence-electron chi connectivity index (χ4n) is 3.94. The lowest BCUT2D eigenvalue weighted by Gasteiger charge is -2.04. The number of aromatic amines is 1. The average molecular weight is 253 g/mol. The van der Waals surface area contributed by atoms with Gasteiger partial charge in [-0.15, -0.1) is 0 Å². The van der Waals surface area contributed by atoms with E-state index in [0.717, 1.165) is 17.4 Å². The number of nitrogens with one attached hydrogen (secondary N) is 1. The SMILES string of the molecule is Nc1n[nH]c(C2C3CCCCC32)c1-c1ccccc1. The van der Waals surface area contributed by atoms with Crippen molar-refractivity contribution < 1.29 is 0 Å². The van der Waals surface area contributed by atoms with Crippen molar-refractivity contribution in [1.29, 1.82) is 0 Å². The van der Waals surface area contributed by atoms with Gasteiger partial charge in [-0.2, -0.15) is 5.10 Å². The van der Waals surface area contributed by atoms with Gasteiger partial charge in [0.2, 0.25) is 0 Å². The molecule has 3 N–H and O–H groups in total. The number of H-pyrrole nitrogens is 1. The second-order valence-electron chi connectivity index (χ2n) is 5.90. The van der Waals surface area contributed by atoms with Gasteiger partial charge in [-0.05, 0) is 30.2 Å². The Balaban J connectivity index is 1.75. The van der Waals surface area contributed by atoms with E-state index in [2.05, 4.69) is 34.5 Å². The molecule has 2 aromatic rings. The van der Waals surface area contributed by atoms with Crippen molar-refractivity contribution in [3.05, 3.63) is 36.0 Å². The molecule has 2 saturated carbocycles. The third-order valence-electron chi connectivity index (χ3n) is 4.87. The molecule has 4 rings (SSSR count). The lowest BCUT2D eigenvalue weighted by molar-refractivity contribution is 0.480. The summed E-state index contributed by atoms with van der Waals surface area (Å²) in [5.74, 6) is 3.06. The number of nitrogen functional groups attached to an aromatic ring is 1. The molecule has 2 aliphatic rings. The first-order valence-electron chi connectivity index (χ1n) is 7.25. The van der Waals surface area contributed by atoms with Crippen LogP contribution < -0.4 is 5.73 Å². The van der Waals surface area contributed by atoms with E-state index < -0.39 is 0 Å². The molecule has 0 amide bonds. The summed E-state index contributed by atoms with van der Waals surface area (Å²) in [4.78, 5) is 0. The molecule has 0 saturated heterocycles. The van der Waals surface area contributed by atoms with Gasteiger partial charge in [-0.1, -0.05) is 43.2 Å². The fourth-order valence-corrected chi connectivity index (χ4v) is 3.94. The molecule has 1 aromatic carbocycles. The van der Waals surface area contributed by atoms with Gasteiger partial charge in [0, 0.05) is 17.2 Å². The molecular formula is C16H19N3. The van der Waals surface area contributed by atoms with Crippen LogP contribution in [-0.2, 0) is 0 Å². The zero-order valence-electron chi connectivity index (χ0n) is 11.0. The Bertz CT molecular complexity index is 575. The van der Waals surface area contributed by atoms with Crippen molar-refractivity contribution in [2.45, 2.75) is 31.6 Å². The number of fused-ring (bicyclic) bond motifs is 1. The molecule has 3 heteroatoms. The molecule has 0 spiro atoms. The summed E-state index contributed by atoms with van der Waals surface area (Å²) in [7, 11) is 0. The molecule has 2 aliphatic carbocycles. The summed E-state index contributed by atoms with van der Waals surface area (Å²) in [6, 6.07) is 10.4. The molecular weight excluding hydrogens is 234 g/mol. The zero-order chi connectivity index (χ0) is 12.8. The number of anilines is 1. The minimum absolute atomic E-state index is 0.643. The number of benzene rings is 1. The quantitative estimate of drug-likeness (QED) is 0.859. The van der Waals surface area contributed by atoms with E-state index >= 15 is 0 Å². The number of hydrogen-bond acceptors (Lipinski definition) is 2. The van der Waals surface area contributed by atoms with Crippen LogP contribution in [0.4, 0.5) is 5.82 Å². The summed E-state index contributed by atoms with van der Waals surface area (Å²) < 4.78 is 0. The summed E-state index contributed by atoms with van der Waals surface area (Å²) >= 11 is 0. The minimum Gasteiger partial charge on any atom is -0.382 e. The van der Waals surface area contributed by atoms with Crippen LogP contribution in [0.2, 0.25) is 0 Å². The first-order chi connectivity index (χ1) is 9.36. The van der Waals surface area contributed by atoms with E-state index in [1.165, 1.54) is 36.9 Å². The number of aromatic nitrogens is 2. The molecule has 0 bridgehead atoms. The third-order valence-corrected chi connectivity index (χ3v) is 4.87. The van der Waals surface area contributed by atoms with E-state index in [1.807, 2.05) is 6.07 Å². The zero-order valence-corrected chi connectivity index (χ0v) is 11.0. The van der Waals surface area contributed by atoms with E-state index in [-0.39, 0.29) is 0 Å². The first-order valence-corrected chi connectivity index (χ1v) is 7.25. The smallest absolute Gasteiger partial charge is 0.153 e. The van der Waals surface area contributed by atoms with Crippen LogP contribution in [0.1, 0.15) is 37.3 Å². The van der Waals surface area contributed by atoms with Gasteiger partial charge in [0.15, 0.2) is 5.82 Å². The minimum atomic E-state index is 0.643. The Labute approximate surface area is 113 Å². The van der Waals surface area contributed by atoms with E-state index in [9.17, 15) is 0 Å². The number of nitrogens with two attached hydrogens (primary N) is 1. The maximum absolute atomic E-state index is 6.09. The Morgan fingerprint density at radius 3 is 2.42 bits per heavy atom. The molecule has 0 aliphatic heterocycles. The lowest BCUT2D eigenvalue weighted by Crippen LogP contribution is -1.91. The van der Waals surface area contributed by atoms with Gasteiger partial charge in [0.05, 0.1) is 0 Å². The molecule has 98 valence electrons. The van der Waals surface area contributed by atoms with E-state index in [0.29, 0.717) is 11.7 Å². The van der Waals surface area contributed by atoms with Gasteiger partial charge >= 0.3 is 0 Å². The second kappa shape index (κ2) is 4.12. The Kier molecular flexibility index (Phi) is 2.40. The summed E-state index contributed by atoms with van der Waals surface area (Å²) in [6.07, 6.45) is 5.54. The number of rotatable bonds is 2. The largest absolute Gasteiger partial charge is 0.382 e. The molecule has 1 heterocycles. The van der Waals surface area contributed by atoms with Crippen LogP contribution in [0.25, 0.3) is 11.1 Å². The predicted octanol–water partition coefficient (Wildman–Crippen LogP) is 3.56. The van der Waals surface area contributed by atoms with Crippen LogP contribution in [-0.4, -0.2) is 10.2 Å².